The number of carbonyl (C=O) groups excluding carboxylic acids is 1. The van der Waals surface area contributed by atoms with E-state index in [1.807, 2.05) is 48.5 Å². The van der Waals surface area contributed by atoms with Crippen molar-refractivity contribution in [1.29, 1.82) is 0 Å². The molecule has 3 heteroatoms. The maximum Gasteiger partial charge on any atom is 0.137 e. The Morgan fingerprint density at radius 1 is 0.786 bits per heavy atom. The fraction of sp³-hybridized carbons (Fsp3) is 0.280. The van der Waals surface area contributed by atoms with Gasteiger partial charge in [-0.15, -0.1) is 0 Å². The molecule has 3 nitrogen and oxygen atoms in total. The van der Waals surface area contributed by atoms with E-state index in [2.05, 4.69) is 23.2 Å². The average Bonchev–Trinajstić information content (AvgIpc) is 2.75. The van der Waals surface area contributed by atoms with E-state index in [1.165, 1.54) is 5.56 Å². The van der Waals surface area contributed by atoms with Crippen LogP contribution < -0.4 is 4.74 Å². The number of unbranched alkanes of at least 4 members (excludes halogenated alkanes) is 3. The summed E-state index contributed by atoms with van der Waals surface area (Å²) in [7, 11) is 0. The second-order valence-corrected chi connectivity index (χ2v) is 6.95. The molecule has 0 saturated carbocycles. The van der Waals surface area contributed by atoms with Crippen LogP contribution in [-0.4, -0.2) is 17.4 Å². The minimum atomic E-state index is 0.305. The van der Waals surface area contributed by atoms with Crippen molar-refractivity contribution in [3.05, 3.63) is 84.7 Å². The van der Waals surface area contributed by atoms with Crippen molar-refractivity contribution >= 4 is 5.78 Å². The third-order valence-corrected chi connectivity index (χ3v) is 4.73. The fourth-order valence-corrected chi connectivity index (χ4v) is 3.23. The van der Waals surface area contributed by atoms with Crippen molar-refractivity contribution < 1.29 is 9.53 Å². The number of benzene rings is 2. The smallest absolute Gasteiger partial charge is 0.137 e. The molecule has 0 radical (unpaired) electrons. The van der Waals surface area contributed by atoms with E-state index >= 15 is 0 Å². The fourth-order valence-electron chi connectivity index (χ4n) is 3.23. The first-order valence-corrected chi connectivity index (χ1v) is 10.0. The maximum atomic E-state index is 12.0. The highest BCUT2D eigenvalue weighted by Crippen LogP contribution is 2.29. The van der Waals surface area contributed by atoms with E-state index in [1.54, 1.807) is 12.4 Å². The first kappa shape index (κ1) is 19.8. The normalized spacial score (nSPS) is 10.6. The monoisotopic (exact) mass is 373 g/mol. The van der Waals surface area contributed by atoms with E-state index in [-0.39, 0.29) is 0 Å². The van der Waals surface area contributed by atoms with Gasteiger partial charge in [0.2, 0.25) is 0 Å². The van der Waals surface area contributed by atoms with Gasteiger partial charge in [-0.2, -0.15) is 0 Å². The van der Waals surface area contributed by atoms with Gasteiger partial charge in [-0.05, 0) is 42.2 Å². The molecule has 2 aromatic carbocycles. The van der Waals surface area contributed by atoms with Gasteiger partial charge in [0.25, 0.3) is 0 Å². The zero-order chi connectivity index (χ0) is 19.4. The summed E-state index contributed by atoms with van der Waals surface area (Å²) in [5.74, 6) is 1.24. The van der Waals surface area contributed by atoms with Crippen molar-refractivity contribution in [2.75, 3.05) is 6.61 Å². The SMILES string of the molecule is O=C(CCCCCCOc1ccccc1-c1ccccc1)Cc1ccncc1. The molecular weight excluding hydrogens is 346 g/mol. The number of nitrogens with zero attached hydrogens (tertiary/aromatic N) is 1. The Hall–Kier alpha value is -2.94. The number of rotatable bonds is 11. The van der Waals surface area contributed by atoms with Crippen LogP contribution in [0.4, 0.5) is 0 Å². The summed E-state index contributed by atoms with van der Waals surface area (Å²) in [4.78, 5) is 16.0. The lowest BCUT2D eigenvalue weighted by molar-refractivity contribution is -0.118. The minimum Gasteiger partial charge on any atom is -0.493 e. The van der Waals surface area contributed by atoms with Gasteiger partial charge in [-0.3, -0.25) is 9.78 Å². The van der Waals surface area contributed by atoms with E-state index in [9.17, 15) is 4.79 Å². The molecule has 0 aliphatic carbocycles. The van der Waals surface area contributed by atoms with Crippen molar-refractivity contribution in [2.45, 2.75) is 38.5 Å². The summed E-state index contributed by atoms with van der Waals surface area (Å²) < 4.78 is 6.03. The molecule has 0 unspecified atom stereocenters. The van der Waals surface area contributed by atoms with Gasteiger partial charge in [-0.1, -0.05) is 61.4 Å². The maximum absolute atomic E-state index is 12.0. The van der Waals surface area contributed by atoms with Gasteiger partial charge in [-0.25, -0.2) is 0 Å². The second kappa shape index (κ2) is 11.0. The molecule has 0 bridgehead atoms. The Bertz CT molecular complexity index is 847. The lowest BCUT2D eigenvalue weighted by atomic mass is 10.0. The number of ether oxygens (including phenoxy) is 1. The molecule has 0 spiro atoms. The Balaban J connectivity index is 1.33. The summed E-state index contributed by atoms with van der Waals surface area (Å²) in [5.41, 5.74) is 3.35. The number of Topliss-reactive ketones (excluding diaryl/α,β-unsaturated/α-hetero) is 1. The number of para-hydroxylation sites is 1. The third-order valence-electron chi connectivity index (χ3n) is 4.73. The van der Waals surface area contributed by atoms with Crippen molar-refractivity contribution in [3.8, 4) is 16.9 Å². The largest absolute Gasteiger partial charge is 0.493 e. The molecule has 0 N–H and O–H groups in total. The van der Waals surface area contributed by atoms with Gasteiger partial charge in [0.05, 0.1) is 6.61 Å². The van der Waals surface area contributed by atoms with Crippen LogP contribution >= 0.6 is 0 Å². The molecule has 1 aromatic heterocycles. The number of ketones is 1. The van der Waals surface area contributed by atoms with Crippen LogP contribution in [0.3, 0.4) is 0 Å². The molecule has 1 heterocycles. The molecular formula is C25H27NO2. The van der Waals surface area contributed by atoms with Crippen molar-refractivity contribution in [3.63, 3.8) is 0 Å². The summed E-state index contributed by atoms with van der Waals surface area (Å²) in [6.45, 7) is 0.703. The summed E-state index contributed by atoms with van der Waals surface area (Å²) in [6.07, 6.45) is 8.73. The molecule has 0 aliphatic heterocycles. The highest BCUT2D eigenvalue weighted by atomic mass is 16.5. The Kier molecular flexibility index (Phi) is 7.80. The van der Waals surface area contributed by atoms with E-state index < -0.39 is 0 Å². The van der Waals surface area contributed by atoms with E-state index in [0.29, 0.717) is 25.2 Å². The number of carbonyl (C=O) groups is 1. The predicted octanol–water partition coefficient (Wildman–Crippen LogP) is 5.89. The van der Waals surface area contributed by atoms with Crippen LogP contribution in [0.5, 0.6) is 5.75 Å². The molecule has 0 fully saturated rings. The summed E-state index contributed by atoms with van der Waals surface area (Å²) in [6, 6.07) is 22.3. The molecule has 144 valence electrons. The van der Waals surface area contributed by atoms with E-state index in [4.69, 9.17) is 4.74 Å². The minimum absolute atomic E-state index is 0.305. The molecule has 0 amide bonds. The Morgan fingerprint density at radius 3 is 2.32 bits per heavy atom. The molecule has 3 rings (SSSR count). The van der Waals surface area contributed by atoms with Gasteiger partial charge < -0.3 is 4.74 Å². The molecule has 0 saturated heterocycles. The van der Waals surface area contributed by atoms with Gasteiger partial charge in [0.1, 0.15) is 11.5 Å². The molecule has 3 aromatic rings. The molecule has 28 heavy (non-hydrogen) atoms. The zero-order valence-corrected chi connectivity index (χ0v) is 16.2. The number of hydrogen-bond acceptors (Lipinski definition) is 3. The topological polar surface area (TPSA) is 39.2 Å². The highest BCUT2D eigenvalue weighted by Gasteiger charge is 2.06. The number of pyridine rings is 1. The highest BCUT2D eigenvalue weighted by molar-refractivity contribution is 5.80. The van der Waals surface area contributed by atoms with Crippen LogP contribution in [0.2, 0.25) is 0 Å². The predicted molar refractivity (Wildman–Crippen MR) is 113 cm³/mol. The third kappa shape index (κ3) is 6.34. The van der Waals surface area contributed by atoms with Crippen LogP contribution in [-0.2, 0) is 11.2 Å². The second-order valence-electron chi connectivity index (χ2n) is 6.95. The number of aromatic nitrogens is 1. The van der Waals surface area contributed by atoms with Crippen LogP contribution in [0, 0.1) is 0 Å². The summed E-state index contributed by atoms with van der Waals surface area (Å²) >= 11 is 0. The molecule has 0 atom stereocenters. The van der Waals surface area contributed by atoms with Crippen LogP contribution in [0.25, 0.3) is 11.1 Å². The van der Waals surface area contributed by atoms with Crippen LogP contribution in [0.15, 0.2) is 79.1 Å². The first-order chi connectivity index (χ1) is 13.8. The van der Waals surface area contributed by atoms with Gasteiger partial charge in [0.15, 0.2) is 0 Å². The van der Waals surface area contributed by atoms with Crippen LogP contribution in [0.1, 0.15) is 37.7 Å². The lowest BCUT2D eigenvalue weighted by Gasteiger charge is -2.11. The van der Waals surface area contributed by atoms with E-state index in [0.717, 1.165) is 42.6 Å². The standard InChI is InChI=1S/C25H27NO2/c27-23(20-21-15-17-26-18-16-21)12-6-1-2-9-19-28-25-14-8-7-13-24(25)22-10-4-3-5-11-22/h3-5,7-8,10-11,13-18H,1-2,6,9,12,19-20H2. The van der Waals surface area contributed by atoms with Gasteiger partial charge in [0, 0.05) is 30.8 Å². The number of hydrogen-bond donors (Lipinski definition) is 0. The Labute approximate surface area is 167 Å². The Morgan fingerprint density at radius 2 is 1.50 bits per heavy atom. The van der Waals surface area contributed by atoms with Gasteiger partial charge >= 0.3 is 0 Å². The average molecular weight is 373 g/mol. The summed E-state index contributed by atoms with van der Waals surface area (Å²) in [5, 5.41) is 0. The first-order valence-electron chi connectivity index (χ1n) is 10.0. The quantitative estimate of drug-likeness (QED) is 0.393. The lowest BCUT2D eigenvalue weighted by Crippen LogP contribution is -2.03. The molecule has 0 aliphatic rings. The zero-order valence-electron chi connectivity index (χ0n) is 16.2. The van der Waals surface area contributed by atoms with Crippen molar-refractivity contribution in [1.82, 2.24) is 4.98 Å². The van der Waals surface area contributed by atoms with Crippen molar-refractivity contribution in [2.24, 2.45) is 0 Å².